The van der Waals surface area contributed by atoms with Gasteiger partial charge in [-0.1, -0.05) is 46.9 Å². The summed E-state index contributed by atoms with van der Waals surface area (Å²) in [5.74, 6) is 0.382. The minimum atomic E-state index is 0.373. The number of rotatable bonds is 4. The van der Waals surface area contributed by atoms with Crippen LogP contribution in [0.4, 0.5) is 11.6 Å². The van der Waals surface area contributed by atoms with Crippen LogP contribution in [0.3, 0.4) is 0 Å². The molecule has 0 spiro atoms. The van der Waals surface area contributed by atoms with E-state index in [0.717, 1.165) is 16.8 Å². The second-order valence-electron chi connectivity index (χ2n) is 5.49. The number of nitrogens with zero attached hydrogens (tertiary/aromatic N) is 3. The van der Waals surface area contributed by atoms with Crippen LogP contribution in [0.15, 0.2) is 42.7 Å². The largest absolute Gasteiger partial charge is 0.332 e. The van der Waals surface area contributed by atoms with Crippen molar-refractivity contribution in [3.05, 3.63) is 68.9 Å². The van der Waals surface area contributed by atoms with Crippen molar-refractivity contribution in [3.8, 4) is 0 Å². The van der Waals surface area contributed by atoms with E-state index in [9.17, 15) is 0 Å². The Balaban J connectivity index is 1.64. The van der Waals surface area contributed by atoms with Gasteiger partial charge in [0.25, 0.3) is 0 Å². The van der Waals surface area contributed by atoms with E-state index in [1.54, 1.807) is 23.1 Å². The lowest BCUT2D eigenvalue weighted by atomic mass is 10.2. The van der Waals surface area contributed by atoms with Crippen molar-refractivity contribution in [2.75, 3.05) is 10.6 Å². The summed E-state index contributed by atoms with van der Waals surface area (Å²) in [6, 6.07) is 10.9. The summed E-state index contributed by atoms with van der Waals surface area (Å²) in [5.41, 5.74) is 2.62. The Kier molecular flexibility index (Phi) is 5.98. The van der Waals surface area contributed by atoms with Crippen LogP contribution in [-0.2, 0) is 6.54 Å². The SMILES string of the molecule is Cc1c(Cl)cccc1NC(=S)Nc1ncn(Cc2ccc(Cl)cc2Cl)n1. The molecule has 2 aromatic carbocycles. The minimum Gasteiger partial charge on any atom is -0.332 e. The van der Waals surface area contributed by atoms with Gasteiger partial charge in [-0.05, 0) is 54.5 Å². The number of nitrogens with one attached hydrogen (secondary N) is 2. The van der Waals surface area contributed by atoms with E-state index in [1.165, 1.54) is 0 Å². The fourth-order valence-electron chi connectivity index (χ4n) is 2.25. The van der Waals surface area contributed by atoms with Crippen LogP contribution in [0.2, 0.25) is 15.1 Å². The summed E-state index contributed by atoms with van der Waals surface area (Å²) < 4.78 is 1.66. The third kappa shape index (κ3) is 4.65. The molecule has 3 aromatic rings. The summed E-state index contributed by atoms with van der Waals surface area (Å²) in [4.78, 5) is 4.20. The van der Waals surface area contributed by atoms with E-state index in [2.05, 4.69) is 20.7 Å². The van der Waals surface area contributed by atoms with Gasteiger partial charge < -0.3 is 5.32 Å². The third-order valence-electron chi connectivity index (χ3n) is 3.63. The molecule has 0 aliphatic rings. The molecule has 0 radical (unpaired) electrons. The van der Waals surface area contributed by atoms with Gasteiger partial charge in [0.1, 0.15) is 6.33 Å². The predicted molar refractivity (Wildman–Crippen MR) is 112 cm³/mol. The zero-order valence-electron chi connectivity index (χ0n) is 13.6. The molecule has 26 heavy (non-hydrogen) atoms. The normalized spacial score (nSPS) is 10.6. The molecule has 134 valence electrons. The third-order valence-corrected chi connectivity index (χ3v) is 4.83. The van der Waals surface area contributed by atoms with E-state index in [0.29, 0.717) is 32.7 Å². The van der Waals surface area contributed by atoms with Crippen LogP contribution in [0.5, 0.6) is 0 Å². The molecule has 1 heterocycles. The zero-order valence-corrected chi connectivity index (χ0v) is 16.7. The van der Waals surface area contributed by atoms with Gasteiger partial charge in [0.2, 0.25) is 5.95 Å². The van der Waals surface area contributed by atoms with Gasteiger partial charge in [0.15, 0.2) is 5.11 Å². The molecule has 2 N–H and O–H groups in total. The second-order valence-corrected chi connectivity index (χ2v) is 7.15. The lowest BCUT2D eigenvalue weighted by Gasteiger charge is -2.11. The molecule has 1 aromatic heterocycles. The molecule has 5 nitrogen and oxygen atoms in total. The van der Waals surface area contributed by atoms with Crippen molar-refractivity contribution in [2.45, 2.75) is 13.5 Å². The van der Waals surface area contributed by atoms with Crippen molar-refractivity contribution in [3.63, 3.8) is 0 Å². The van der Waals surface area contributed by atoms with Crippen molar-refractivity contribution >= 4 is 63.8 Å². The first-order chi connectivity index (χ1) is 12.4. The Morgan fingerprint density at radius 3 is 2.69 bits per heavy atom. The summed E-state index contributed by atoms with van der Waals surface area (Å²) in [7, 11) is 0. The van der Waals surface area contributed by atoms with E-state index < -0.39 is 0 Å². The maximum Gasteiger partial charge on any atom is 0.248 e. The first-order valence-electron chi connectivity index (χ1n) is 7.59. The summed E-state index contributed by atoms with van der Waals surface area (Å²) in [6.07, 6.45) is 1.60. The highest BCUT2D eigenvalue weighted by Gasteiger charge is 2.08. The van der Waals surface area contributed by atoms with Crippen molar-refractivity contribution in [1.29, 1.82) is 0 Å². The average molecular weight is 427 g/mol. The monoisotopic (exact) mass is 425 g/mol. The summed E-state index contributed by atoms with van der Waals surface area (Å²) in [5, 5.41) is 12.6. The number of hydrogen-bond acceptors (Lipinski definition) is 3. The molecule has 3 rings (SSSR count). The molecular formula is C17H14Cl3N5S. The Morgan fingerprint density at radius 2 is 1.92 bits per heavy atom. The van der Waals surface area contributed by atoms with Gasteiger partial charge in [-0.25, -0.2) is 9.67 Å². The number of anilines is 2. The van der Waals surface area contributed by atoms with Gasteiger partial charge in [-0.15, -0.1) is 5.10 Å². The Bertz CT molecular complexity index is 957. The second kappa shape index (κ2) is 8.22. The molecule has 0 unspecified atom stereocenters. The highest BCUT2D eigenvalue weighted by molar-refractivity contribution is 7.80. The summed E-state index contributed by atoms with van der Waals surface area (Å²) >= 11 is 23.5. The number of thiocarbonyl (C=S) groups is 1. The van der Waals surface area contributed by atoms with Crippen molar-refractivity contribution in [2.24, 2.45) is 0 Å². The quantitative estimate of drug-likeness (QED) is 0.547. The number of hydrogen-bond donors (Lipinski definition) is 2. The van der Waals surface area contributed by atoms with E-state index in [1.807, 2.05) is 31.2 Å². The molecule has 0 saturated heterocycles. The first kappa shape index (κ1) is 18.9. The van der Waals surface area contributed by atoms with Crippen molar-refractivity contribution < 1.29 is 0 Å². The van der Waals surface area contributed by atoms with Crippen LogP contribution < -0.4 is 10.6 Å². The Morgan fingerprint density at radius 1 is 1.12 bits per heavy atom. The maximum atomic E-state index is 6.19. The van der Waals surface area contributed by atoms with Crippen LogP contribution >= 0.6 is 47.0 Å². The van der Waals surface area contributed by atoms with E-state index in [-0.39, 0.29) is 0 Å². The van der Waals surface area contributed by atoms with Crippen LogP contribution in [0.1, 0.15) is 11.1 Å². The zero-order chi connectivity index (χ0) is 18.7. The number of halogens is 3. The summed E-state index contributed by atoms with van der Waals surface area (Å²) in [6.45, 7) is 2.38. The van der Waals surface area contributed by atoms with Gasteiger partial charge in [-0.3, -0.25) is 5.32 Å². The molecular weight excluding hydrogens is 413 g/mol. The minimum absolute atomic E-state index is 0.373. The fourth-order valence-corrected chi connectivity index (χ4v) is 3.09. The first-order valence-corrected chi connectivity index (χ1v) is 9.13. The highest BCUT2D eigenvalue weighted by atomic mass is 35.5. The van der Waals surface area contributed by atoms with Crippen molar-refractivity contribution in [1.82, 2.24) is 14.8 Å². The van der Waals surface area contributed by atoms with Crippen LogP contribution in [-0.4, -0.2) is 19.9 Å². The highest BCUT2D eigenvalue weighted by Crippen LogP contribution is 2.23. The smallest absolute Gasteiger partial charge is 0.248 e. The Hall–Kier alpha value is -1.86. The molecule has 0 bridgehead atoms. The predicted octanol–water partition coefficient (Wildman–Crippen LogP) is 5.40. The average Bonchev–Trinajstić information content (AvgIpc) is 3.01. The topological polar surface area (TPSA) is 54.8 Å². The van der Waals surface area contributed by atoms with E-state index >= 15 is 0 Å². The van der Waals surface area contributed by atoms with E-state index in [4.69, 9.17) is 47.0 Å². The molecule has 9 heteroatoms. The molecule has 0 amide bonds. The molecule has 0 saturated carbocycles. The molecule has 0 aliphatic heterocycles. The van der Waals surface area contributed by atoms with Gasteiger partial charge in [0.05, 0.1) is 6.54 Å². The fraction of sp³-hybridized carbons (Fsp3) is 0.118. The molecule has 0 atom stereocenters. The van der Waals surface area contributed by atoms with Gasteiger partial charge in [0, 0.05) is 20.8 Å². The lowest BCUT2D eigenvalue weighted by Crippen LogP contribution is -2.20. The lowest BCUT2D eigenvalue weighted by molar-refractivity contribution is 0.687. The molecule has 0 fully saturated rings. The number of benzene rings is 2. The Labute approximate surface area is 171 Å². The number of aromatic nitrogens is 3. The van der Waals surface area contributed by atoms with Gasteiger partial charge in [-0.2, -0.15) is 0 Å². The van der Waals surface area contributed by atoms with Gasteiger partial charge >= 0.3 is 0 Å². The molecule has 0 aliphatic carbocycles. The van der Waals surface area contributed by atoms with Crippen LogP contribution in [0, 0.1) is 6.92 Å². The maximum absolute atomic E-state index is 6.19. The van der Waals surface area contributed by atoms with Crippen LogP contribution in [0.25, 0.3) is 0 Å². The standard InChI is InChI=1S/C17H14Cl3N5S/c1-10-13(19)3-2-4-15(10)22-17(26)23-16-21-9-25(24-16)8-11-5-6-12(18)7-14(11)20/h2-7,9H,8H2,1H3,(H2,22,23,24,26).